The molecule has 0 aliphatic carbocycles. The van der Waals surface area contributed by atoms with Crippen molar-refractivity contribution in [2.24, 2.45) is 18.0 Å². The first-order chi connectivity index (χ1) is 19.6. The molecule has 226 valence electrons. The van der Waals surface area contributed by atoms with Gasteiger partial charge in [-0.25, -0.2) is 14.2 Å². The number of hydrogen-bond donors (Lipinski definition) is 2. The van der Waals surface area contributed by atoms with E-state index in [1.807, 2.05) is 17.8 Å². The number of aliphatic carboxylic acids is 1. The molecular weight excluding hydrogens is 553 g/mol. The molecule has 4 rings (SSSR count). The number of carboxylic acids is 1. The van der Waals surface area contributed by atoms with Crippen LogP contribution in [-0.4, -0.2) is 82.8 Å². The molecule has 12 heteroatoms. The number of carbonyl (C=O) groups excluding carboxylic acids is 1. The summed E-state index contributed by atoms with van der Waals surface area (Å²) in [6, 6.07) is 5.76. The summed E-state index contributed by atoms with van der Waals surface area (Å²) in [6.45, 7) is 10.3. The van der Waals surface area contributed by atoms with E-state index < -0.39 is 17.9 Å². The summed E-state index contributed by atoms with van der Waals surface area (Å²) < 4.78 is 24.8. The Hall–Kier alpha value is -3.28. The van der Waals surface area contributed by atoms with E-state index in [2.05, 4.69) is 34.0 Å². The van der Waals surface area contributed by atoms with Crippen molar-refractivity contribution in [2.45, 2.75) is 46.6 Å². The lowest BCUT2D eigenvalue weighted by atomic mass is 10.00. The molecule has 1 aromatic carbocycles. The van der Waals surface area contributed by atoms with Gasteiger partial charge in [-0.1, -0.05) is 44.9 Å². The van der Waals surface area contributed by atoms with Crippen molar-refractivity contribution in [3.8, 4) is 0 Å². The maximum atomic E-state index is 12.5. The zero-order valence-electron chi connectivity index (χ0n) is 24.4. The van der Waals surface area contributed by atoms with Gasteiger partial charge in [-0.05, 0) is 31.5 Å². The number of hydrogen-bond acceptors (Lipinski definition) is 8. The predicted molar refractivity (Wildman–Crippen MR) is 156 cm³/mol. The van der Waals surface area contributed by atoms with Crippen molar-refractivity contribution in [2.75, 3.05) is 39.5 Å². The number of aromatic nitrogens is 2. The summed E-state index contributed by atoms with van der Waals surface area (Å²) in [6.07, 6.45) is 5.24. The first-order valence-corrected chi connectivity index (χ1v) is 14.1. The summed E-state index contributed by atoms with van der Waals surface area (Å²) in [5.74, 6) is -0.736. The minimum Gasteiger partial charge on any atom is -0.481 e. The normalized spacial score (nSPS) is 17.6. The first kappa shape index (κ1) is 33.9. The monoisotopic (exact) mass is 593 g/mol. The maximum Gasteiger partial charge on any atom is 0.337 e. The number of benzene rings is 1. The number of rotatable bonds is 8. The number of amidine groups is 1. The number of nitrogens with zero attached hydrogens (tertiary/aromatic N) is 4. The molecule has 2 atom stereocenters. The zero-order valence-corrected chi connectivity index (χ0v) is 25.2. The van der Waals surface area contributed by atoms with Gasteiger partial charge in [0.15, 0.2) is 11.7 Å². The van der Waals surface area contributed by atoms with Crippen LogP contribution in [0.4, 0.5) is 4.39 Å². The Balaban J connectivity index is 0.000000449. The van der Waals surface area contributed by atoms with Gasteiger partial charge < -0.3 is 24.5 Å². The third-order valence-electron chi connectivity index (χ3n) is 6.13. The molecule has 2 aromatic rings. The van der Waals surface area contributed by atoms with E-state index in [0.717, 1.165) is 0 Å². The Morgan fingerprint density at radius 3 is 2.61 bits per heavy atom. The van der Waals surface area contributed by atoms with Crippen LogP contribution < -0.4 is 5.32 Å². The number of morpholine rings is 1. The van der Waals surface area contributed by atoms with E-state index in [9.17, 15) is 19.1 Å². The molecule has 0 amide bonds. The molecule has 0 bridgehead atoms. The fraction of sp³-hybridized carbons (Fsp3) is 0.517. The Morgan fingerprint density at radius 1 is 1.32 bits per heavy atom. The third-order valence-corrected chi connectivity index (χ3v) is 6.36. The summed E-state index contributed by atoms with van der Waals surface area (Å²) >= 11 is 5.40. The standard InChI is InChI=1S/C20H29N5O5.C6H4ClF.C3H8/c1-4-30-20(28)15-10-22-17(18-21-5-6-24(18)3)23-16(15)11-25-7-8-29-12-14(25)9-13(2)19(26)27;7-5-2-1-3-6(8)4-5;1-3-2/h5-6,13-14H,4,7-12H2,1-3H3,(H,22,23)(H,26,27);1-4H;3H2,1-2H3. The fourth-order valence-corrected chi connectivity index (χ4v) is 4.24. The molecule has 1 fully saturated rings. The molecule has 1 saturated heterocycles. The molecule has 3 heterocycles. The van der Waals surface area contributed by atoms with Crippen molar-refractivity contribution in [1.29, 1.82) is 0 Å². The maximum absolute atomic E-state index is 12.5. The number of halogens is 2. The van der Waals surface area contributed by atoms with Gasteiger partial charge in [-0.2, -0.15) is 0 Å². The van der Waals surface area contributed by atoms with E-state index in [0.29, 0.717) is 60.7 Å². The topological polar surface area (TPSA) is 118 Å². The van der Waals surface area contributed by atoms with Crippen LogP contribution >= 0.6 is 11.6 Å². The second-order valence-corrected chi connectivity index (χ2v) is 10.1. The van der Waals surface area contributed by atoms with Crippen LogP contribution in [-0.2, 0) is 26.1 Å². The van der Waals surface area contributed by atoms with Crippen LogP contribution in [0.25, 0.3) is 0 Å². The molecule has 2 N–H and O–H groups in total. The average molecular weight is 594 g/mol. The highest BCUT2D eigenvalue weighted by atomic mass is 35.5. The highest BCUT2D eigenvalue weighted by Crippen LogP contribution is 2.20. The highest BCUT2D eigenvalue weighted by molar-refractivity contribution is 6.30. The van der Waals surface area contributed by atoms with Crippen LogP contribution in [0.15, 0.2) is 52.9 Å². The number of ether oxygens (including phenoxy) is 2. The zero-order chi connectivity index (χ0) is 30.4. The quantitative estimate of drug-likeness (QED) is 0.435. The van der Waals surface area contributed by atoms with Crippen molar-refractivity contribution in [1.82, 2.24) is 19.8 Å². The molecule has 0 spiro atoms. The molecular formula is C29H41ClFN5O5. The van der Waals surface area contributed by atoms with Gasteiger partial charge in [0, 0.05) is 49.3 Å². The van der Waals surface area contributed by atoms with Gasteiger partial charge in [0.05, 0.1) is 37.9 Å². The second kappa shape index (κ2) is 17.5. The van der Waals surface area contributed by atoms with Crippen LogP contribution in [0.5, 0.6) is 0 Å². The number of imidazole rings is 1. The van der Waals surface area contributed by atoms with Crippen LogP contribution in [0.3, 0.4) is 0 Å². The summed E-state index contributed by atoms with van der Waals surface area (Å²) in [4.78, 5) is 34.8. The lowest BCUT2D eigenvalue weighted by molar-refractivity contribution is -0.142. The van der Waals surface area contributed by atoms with E-state index in [1.54, 1.807) is 32.2 Å². The van der Waals surface area contributed by atoms with E-state index in [4.69, 9.17) is 21.1 Å². The fourth-order valence-electron chi connectivity index (χ4n) is 4.06. The molecule has 2 unspecified atom stereocenters. The first-order valence-electron chi connectivity index (χ1n) is 13.7. The molecule has 41 heavy (non-hydrogen) atoms. The van der Waals surface area contributed by atoms with E-state index in [1.165, 1.54) is 18.6 Å². The number of carboxylic acid groups (broad SMARTS) is 1. The van der Waals surface area contributed by atoms with Crippen LogP contribution in [0.1, 0.15) is 46.4 Å². The van der Waals surface area contributed by atoms with Crippen LogP contribution in [0.2, 0.25) is 5.02 Å². The smallest absolute Gasteiger partial charge is 0.337 e. The lowest BCUT2D eigenvalue weighted by Gasteiger charge is -2.37. The molecule has 2 aliphatic heterocycles. The van der Waals surface area contributed by atoms with E-state index >= 15 is 0 Å². The SMILES string of the molecule is CCC.CCOC(=O)C1=C(CN2CCOCC2CC(C)C(=O)O)NC(c2nccn2C)=NC1.Fc1cccc(Cl)c1. The van der Waals surface area contributed by atoms with Crippen LogP contribution in [0, 0.1) is 11.7 Å². The Morgan fingerprint density at radius 2 is 2.05 bits per heavy atom. The lowest BCUT2D eigenvalue weighted by Crippen LogP contribution is -2.49. The number of nitrogens with one attached hydrogen (secondary N) is 1. The minimum atomic E-state index is -0.827. The summed E-state index contributed by atoms with van der Waals surface area (Å²) in [7, 11) is 1.88. The molecule has 1 aromatic heterocycles. The number of esters is 1. The highest BCUT2D eigenvalue weighted by Gasteiger charge is 2.31. The largest absolute Gasteiger partial charge is 0.481 e. The minimum absolute atomic E-state index is 0.0573. The molecule has 2 aliphatic rings. The van der Waals surface area contributed by atoms with Gasteiger partial charge in [0.25, 0.3) is 0 Å². The van der Waals surface area contributed by atoms with Gasteiger partial charge >= 0.3 is 11.9 Å². The molecule has 10 nitrogen and oxygen atoms in total. The predicted octanol–water partition coefficient (Wildman–Crippen LogP) is 4.29. The van der Waals surface area contributed by atoms with Gasteiger partial charge in [0.2, 0.25) is 0 Å². The average Bonchev–Trinajstić information content (AvgIpc) is 3.36. The Bertz CT molecular complexity index is 1180. The third kappa shape index (κ3) is 10.9. The summed E-state index contributed by atoms with van der Waals surface area (Å²) in [5.41, 5.74) is 1.18. The Labute approximate surface area is 246 Å². The van der Waals surface area contributed by atoms with Gasteiger partial charge in [-0.15, -0.1) is 0 Å². The van der Waals surface area contributed by atoms with Crippen molar-refractivity contribution >= 4 is 29.4 Å². The van der Waals surface area contributed by atoms with Crippen molar-refractivity contribution in [3.05, 3.63) is 64.6 Å². The number of aliphatic imine (C=N–C) groups is 1. The number of carbonyl (C=O) groups is 2. The van der Waals surface area contributed by atoms with E-state index in [-0.39, 0.29) is 25.0 Å². The molecule has 0 saturated carbocycles. The van der Waals surface area contributed by atoms with Crippen molar-refractivity contribution < 1.29 is 28.6 Å². The Kier molecular flexibility index (Phi) is 14.5. The molecule has 0 radical (unpaired) electrons. The van der Waals surface area contributed by atoms with Gasteiger partial charge in [0.1, 0.15) is 5.82 Å². The number of aryl methyl sites for hydroxylation is 1. The van der Waals surface area contributed by atoms with Gasteiger partial charge in [-0.3, -0.25) is 14.7 Å². The second-order valence-electron chi connectivity index (χ2n) is 9.65. The summed E-state index contributed by atoms with van der Waals surface area (Å²) in [5, 5.41) is 13.0. The van der Waals surface area contributed by atoms with Crippen molar-refractivity contribution in [3.63, 3.8) is 0 Å².